The smallest absolute Gasteiger partial charge is 0.119 e. The van der Waals surface area contributed by atoms with Crippen molar-refractivity contribution in [2.75, 3.05) is 11.9 Å². The van der Waals surface area contributed by atoms with Gasteiger partial charge in [-0.15, -0.1) is 0 Å². The number of ether oxygens (including phenoxy) is 1. The van der Waals surface area contributed by atoms with Gasteiger partial charge in [0.15, 0.2) is 0 Å². The van der Waals surface area contributed by atoms with Crippen molar-refractivity contribution in [1.82, 2.24) is 0 Å². The van der Waals surface area contributed by atoms with E-state index in [2.05, 4.69) is 40.3 Å². The van der Waals surface area contributed by atoms with Crippen molar-refractivity contribution < 1.29 is 4.74 Å². The van der Waals surface area contributed by atoms with Crippen LogP contribution in [0.15, 0.2) is 46.9 Å². The summed E-state index contributed by atoms with van der Waals surface area (Å²) >= 11 is 3.47. The van der Waals surface area contributed by atoms with Gasteiger partial charge in [-0.2, -0.15) is 5.26 Å². The predicted octanol–water partition coefficient (Wildman–Crippen LogP) is 4.72. The molecule has 0 aliphatic heterocycles. The van der Waals surface area contributed by atoms with E-state index in [-0.39, 0.29) is 0 Å². The molecule has 0 aliphatic carbocycles. The normalized spacial score (nSPS) is 9.95. The Morgan fingerprint density at radius 1 is 1.24 bits per heavy atom. The van der Waals surface area contributed by atoms with Crippen LogP contribution in [-0.4, -0.2) is 6.61 Å². The molecule has 0 atom stereocenters. The highest BCUT2D eigenvalue weighted by Gasteiger charge is 2.02. The van der Waals surface area contributed by atoms with Crippen LogP contribution in [0.4, 0.5) is 5.69 Å². The van der Waals surface area contributed by atoms with E-state index in [1.165, 1.54) is 0 Å². The second-order valence-electron chi connectivity index (χ2n) is 4.66. The molecule has 4 heteroatoms. The number of benzene rings is 2. The number of nitrogens with one attached hydrogen (secondary N) is 1. The quantitative estimate of drug-likeness (QED) is 0.824. The molecule has 108 valence electrons. The van der Waals surface area contributed by atoms with Crippen molar-refractivity contribution in [3.8, 4) is 11.8 Å². The molecular formula is C17H17BrN2O. The number of hydrogen-bond donors (Lipinski definition) is 1. The summed E-state index contributed by atoms with van der Waals surface area (Å²) in [5.74, 6) is 0.898. The third kappa shape index (κ3) is 4.51. The molecule has 1 N–H and O–H groups in total. The molecule has 21 heavy (non-hydrogen) atoms. The van der Waals surface area contributed by atoms with Crippen molar-refractivity contribution >= 4 is 21.6 Å². The minimum absolute atomic E-state index is 0.641. The van der Waals surface area contributed by atoms with Gasteiger partial charge in [0.2, 0.25) is 0 Å². The highest BCUT2D eigenvalue weighted by Crippen LogP contribution is 2.24. The topological polar surface area (TPSA) is 45.0 Å². The van der Waals surface area contributed by atoms with E-state index in [4.69, 9.17) is 10.00 Å². The van der Waals surface area contributed by atoms with Crippen molar-refractivity contribution in [2.45, 2.75) is 19.9 Å². The molecule has 0 aromatic heterocycles. The van der Waals surface area contributed by atoms with Crippen LogP contribution in [0.3, 0.4) is 0 Å². The average Bonchev–Trinajstić information content (AvgIpc) is 2.52. The van der Waals surface area contributed by atoms with Crippen molar-refractivity contribution in [2.24, 2.45) is 0 Å². The van der Waals surface area contributed by atoms with Crippen molar-refractivity contribution in [3.05, 3.63) is 58.1 Å². The summed E-state index contributed by atoms with van der Waals surface area (Å²) in [4.78, 5) is 0. The molecule has 0 aliphatic rings. The van der Waals surface area contributed by atoms with E-state index >= 15 is 0 Å². The molecule has 2 aromatic rings. The Morgan fingerprint density at radius 2 is 2.10 bits per heavy atom. The van der Waals surface area contributed by atoms with E-state index in [0.29, 0.717) is 12.1 Å². The fourth-order valence-corrected chi connectivity index (χ4v) is 2.41. The Hall–Kier alpha value is -1.99. The molecule has 0 unspecified atom stereocenters. The van der Waals surface area contributed by atoms with E-state index in [9.17, 15) is 0 Å². The second kappa shape index (κ2) is 7.70. The molecule has 0 bridgehead atoms. The third-order valence-electron chi connectivity index (χ3n) is 2.95. The number of nitriles is 1. The van der Waals surface area contributed by atoms with E-state index < -0.39 is 0 Å². The SMILES string of the molecule is CCCOc1cccc(CNc2ccc(C#N)cc2Br)c1. The van der Waals surface area contributed by atoms with Gasteiger partial charge in [-0.25, -0.2) is 0 Å². The van der Waals surface area contributed by atoms with Crippen LogP contribution in [0, 0.1) is 11.3 Å². The zero-order valence-corrected chi connectivity index (χ0v) is 13.5. The molecule has 0 saturated carbocycles. The van der Waals surface area contributed by atoms with Crippen LogP contribution in [0.2, 0.25) is 0 Å². The molecule has 3 nitrogen and oxygen atoms in total. The monoisotopic (exact) mass is 344 g/mol. The zero-order valence-electron chi connectivity index (χ0n) is 11.9. The van der Waals surface area contributed by atoms with Gasteiger partial charge in [0.05, 0.1) is 18.2 Å². The fraction of sp³-hybridized carbons (Fsp3) is 0.235. The van der Waals surface area contributed by atoms with Gasteiger partial charge in [-0.3, -0.25) is 0 Å². The fourth-order valence-electron chi connectivity index (χ4n) is 1.89. The van der Waals surface area contributed by atoms with Gasteiger partial charge >= 0.3 is 0 Å². The summed E-state index contributed by atoms with van der Waals surface area (Å²) in [6.45, 7) is 3.53. The Kier molecular flexibility index (Phi) is 5.65. The largest absolute Gasteiger partial charge is 0.494 e. The number of anilines is 1. The molecule has 0 fully saturated rings. The summed E-state index contributed by atoms with van der Waals surface area (Å²) in [6, 6.07) is 15.7. The van der Waals surface area contributed by atoms with Crippen LogP contribution in [0.1, 0.15) is 24.5 Å². The van der Waals surface area contributed by atoms with Gasteiger partial charge < -0.3 is 10.1 Å². The van der Waals surface area contributed by atoms with Crippen LogP contribution in [0.25, 0.3) is 0 Å². The maximum atomic E-state index is 8.86. The standard InChI is InChI=1S/C17H17BrN2O/c1-2-8-21-15-5-3-4-14(9-15)12-20-17-7-6-13(11-19)10-16(17)18/h3-7,9-10,20H,2,8,12H2,1H3. The van der Waals surface area contributed by atoms with Crippen molar-refractivity contribution in [3.63, 3.8) is 0 Å². The second-order valence-corrected chi connectivity index (χ2v) is 5.51. The first kappa shape index (κ1) is 15.4. The molecule has 0 saturated heterocycles. The lowest BCUT2D eigenvalue weighted by Crippen LogP contribution is -2.01. The maximum absolute atomic E-state index is 8.86. The molecule has 2 rings (SSSR count). The van der Waals surface area contributed by atoms with Crippen molar-refractivity contribution in [1.29, 1.82) is 5.26 Å². The first-order valence-corrected chi connectivity index (χ1v) is 7.67. The molecule has 2 aromatic carbocycles. The van der Waals surface area contributed by atoms with Crippen LogP contribution >= 0.6 is 15.9 Å². The molecule has 0 amide bonds. The number of hydrogen-bond acceptors (Lipinski definition) is 3. The summed E-state index contributed by atoms with van der Waals surface area (Å²) < 4.78 is 6.52. The first-order valence-electron chi connectivity index (χ1n) is 6.88. The summed E-state index contributed by atoms with van der Waals surface area (Å²) in [5.41, 5.74) is 2.76. The maximum Gasteiger partial charge on any atom is 0.119 e. The lowest BCUT2D eigenvalue weighted by Gasteiger charge is -2.10. The van der Waals surface area contributed by atoms with Gasteiger partial charge in [0, 0.05) is 16.7 Å². The summed E-state index contributed by atoms with van der Waals surface area (Å²) in [7, 11) is 0. The number of rotatable bonds is 6. The van der Waals surface area contributed by atoms with Gasteiger partial charge in [0.1, 0.15) is 5.75 Å². The predicted molar refractivity (Wildman–Crippen MR) is 88.4 cm³/mol. The van der Waals surface area contributed by atoms with Crippen LogP contribution < -0.4 is 10.1 Å². The lowest BCUT2D eigenvalue weighted by molar-refractivity contribution is 0.317. The highest BCUT2D eigenvalue weighted by molar-refractivity contribution is 9.10. The summed E-state index contributed by atoms with van der Waals surface area (Å²) in [6.07, 6.45) is 1.00. The Bertz CT molecular complexity index is 649. The highest BCUT2D eigenvalue weighted by atomic mass is 79.9. The number of halogens is 1. The van der Waals surface area contributed by atoms with Gasteiger partial charge in [-0.05, 0) is 58.2 Å². The minimum atomic E-state index is 0.641. The lowest BCUT2D eigenvalue weighted by atomic mass is 10.2. The average molecular weight is 345 g/mol. The first-order chi connectivity index (χ1) is 10.2. The van der Waals surface area contributed by atoms with E-state index in [0.717, 1.165) is 34.5 Å². The molecular weight excluding hydrogens is 328 g/mol. The Balaban J connectivity index is 2.01. The minimum Gasteiger partial charge on any atom is -0.494 e. The number of nitrogens with zero attached hydrogens (tertiary/aromatic N) is 1. The van der Waals surface area contributed by atoms with E-state index in [1.54, 1.807) is 6.07 Å². The zero-order chi connectivity index (χ0) is 15.1. The van der Waals surface area contributed by atoms with Gasteiger partial charge in [-0.1, -0.05) is 19.1 Å². The van der Waals surface area contributed by atoms with Crippen LogP contribution in [0.5, 0.6) is 5.75 Å². The van der Waals surface area contributed by atoms with Crippen LogP contribution in [-0.2, 0) is 6.54 Å². The molecule has 0 radical (unpaired) electrons. The third-order valence-corrected chi connectivity index (χ3v) is 3.61. The summed E-state index contributed by atoms with van der Waals surface area (Å²) in [5, 5.41) is 12.2. The van der Waals surface area contributed by atoms with E-state index in [1.807, 2.05) is 30.3 Å². The molecule has 0 spiro atoms. The Morgan fingerprint density at radius 3 is 2.81 bits per heavy atom. The van der Waals surface area contributed by atoms with Gasteiger partial charge in [0.25, 0.3) is 0 Å². The molecule has 0 heterocycles. The Labute approximate surface area is 133 Å².